The molecule has 1 aromatic heterocycles. The molecule has 2 aliphatic heterocycles. The number of carbonyl (C=O) groups is 1. The lowest BCUT2D eigenvalue weighted by atomic mass is 9.89. The standard InChI is InChI=1S/C22H35N5O3S/c1-4-25(5-2)31(29,30)26-12-11-18(15-26)21-23-16(3)19-13-20(28)27(22(19)24-21)14-17-9-7-6-8-10-17/h17-18H,4-15H2,1-3H3/t18-/m0/s1. The average molecular weight is 450 g/mol. The number of nitrogens with zero attached hydrogens (tertiary/aromatic N) is 5. The largest absolute Gasteiger partial charge is 0.296 e. The van der Waals surface area contributed by atoms with E-state index in [0.29, 0.717) is 50.8 Å². The lowest BCUT2D eigenvalue weighted by molar-refractivity contribution is -0.117. The van der Waals surface area contributed by atoms with Gasteiger partial charge in [0.05, 0.1) is 6.42 Å². The topological polar surface area (TPSA) is 86.7 Å². The minimum absolute atomic E-state index is 0.0402. The number of carbonyl (C=O) groups excluding carboxylic acids is 1. The molecule has 0 unspecified atom stereocenters. The monoisotopic (exact) mass is 449 g/mol. The van der Waals surface area contributed by atoms with Crippen molar-refractivity contribution < 1.29 is 13.2 Å². The van der Waals surface area contributed by atoms with Gasteiger partial charge in [0.2, 0.25) is 5.91 Å². The Hall–Kier alpha value is -1.58. The van der Waals surface area contributed by atoms with Crippen LogP contribution in [0.5, 0.6) is 0 Å². The zero-order chi connectivity index (χ0) is 22.2. The molecule has 1 saturated heterocycles. The summed E-state index contributed by atoms with van der Waals surface area (Å²) in [5, 5.41) is 0. The third-order valence-corrected chi connectivity index (χ3v) is 9.29. The predicted molar refractivity (Wildman–Crippen MR) is 120 cm³/mol. The fraction of sp³-hybridized carbons (Fsp3) is 0.773. The van der Waals surface area contributed by atoms with Crippen LogP contribution in [0.1, 0.15) is 75.4 Å². The maximum atomic E-state index is 12.9. The first-order valence-corrected chi connectivity index (χ1v) is 13.2. The van der Waals surface area contributed by atoms with Crippen LogP contribution in [0, 0.1) is 12.8 Å². The summed E-state index contributed by atoms with van der Waals surface area (Å²) in [4.78, 5) is 24.2. The van der Waals surface area contributed by atoms with Gasteiger partial charge in [-0.1, -0.05) is 33.1 Å². The number of anilines is 1. The van der Waals surface area contributed by atoms with Crippen molar-refractivity contribution in [2.45, 2.75) is 71.6 Å². The van der Waals surface area contributed by atoms with Gasteiger partial charge < -0.3 is 0 Å². The Morgan fingerprint density at radius 1 is 1.06 bits per heavy atom. The van der Waals surface area contributed by atoms with Gasteiger partial charge in [0.15, 0.2) is 0 Å². The van der Waals surface area contributed by atoms with Crippen LogP contribution in [0.4, 0.5) is 5.82 Å². The first-order valence-electron chi connectivity index (χ1n) is 11.8. The fourth-order valence-electron chi connectivity index (χ4n) is 5.26. The summed E-state index contributed by atoms with van der Waals surface area (Å²) < 4.78 is 28.9. The summed E-state index contributed by atoms with van der Waals surface area (Å²) in [7, 11) is -3.46. The molecule has 0 spiro atoms. The molecule has 9 heteroatoms. The molecule has 172 valence electrons. The molecule has 1 aromatic rings. The number of rotatable bonds is 7. The molecule has 0 N–H and O–H groups in total. The van der Waals surface area contributed by atoms with Crippen molar-refractivity contribution in [2.75, 3.05) is 37.6 Å². The van der Waals surface area contributed by atoms with Crippen LogP contribution in [-0.4, -0.2) is 65.6 Å². The third-order valence-electron chi connectivity index (χ3n) is 7.13. The Kier molecular flexibility index (Phi) is 6.65. The van der Waals surface area contributed by atoms with Crippen LogP contribution < -0.4 is 4.90 Å². The Morgan fingerprint density at radius 2 is 1.77 bits per heavy atom. The number of hydrogen-bond donors (Lipinski definition) is 0. The van der Waals surface area contributed by atoms with E-state index in [0.717, 1.165) is 23.6 Å². The number of aromatic nitrogens is 2. The molecular formula is C22H35N5O3S. The number of hydrogen-bond acceptors (Lipinski definition) is 5. The van der Waals surface area contributed by atoms with Gasteiger partial charge in [0.25, 0.3) is 10.2 Å². The van der Waals surface area contributed by atoms with E-state index in [1.54, 1.807) is 4.31 Å². The second kappa shape index (κ2) is 9.11. The van der Waals surface area contributed by atoms with E-state index in [9.17, 15) is 13.2 Å². The summed E-state index contributed by atoms with van der Waals surface area (Å²) >= 11 is 0. The van der Waals surface area contributed by atoms with Crippen molar-refractivity contribution >= 4 is 21.9 Å². The molecule has 0 bridgehead atoms. The van der Waals surface area contributed by atoms with E-state index in [1.807, 2.05) is 25.7 Å². The zero-order valence-electron chi connectivity index (χ0n) is 19.0. The van der Waals surface area contributed by atoms with Gasteiger partial charge in [-0.15, -0.1) is 0 Å². The maximum absolute atomic E-state index is 12.9. The van der Waals surface area contributed by atoms with E-state index in [2.05, 4.69) is 0 Å². The normalized spacial score (nSPS) is 23.2. The van der Waals surface area contributed by atoms with Crippen LogP contribution in [0.15, 0.2) is 0 Å². The highest BCUT2D eigenvalue weighted by Gasteiger charge is 2.38. The van der Waals surface area contributed by atoms with Crippen LogP contribution in [0.25, 0.3) is 0 Å². The first kappa shape index (κ1) is 22.6. The highest BCUT2D eigenvalue weighted by atomic mass is 32.2. The van der Waals surface area contributed by atoms with Crippen LogP contribution in [-0.2, 0) is 21.4 Å². The molecule has 1 aliphatic carbocycles. The van der Waals surface area contributed by atoms with Crippen molar-refractivity contribution in [3.8, 4) is 0 Å². The Labute approximate surface area is 186 Å². The molecule has 4 rings (SSSR count). The molecular weight excluding hydrogens is 414 g/mol. The molecule has 1 amide bonds. The molecule has 1 atom stereocenters. The maximum Gasteiger partial charge on any atom is 0.281 e. The van der Waals surface area contributed by atoms with E-state index < -0.39 is 10.2 Å². The summed E-state index contributed by atoms with van der Waals surface area (Å²) in [5.74, 6) is 2.07. The summed E-state index contributed by atoms with van der Waals surface area (Å²) in [6.45, 7) is 8.22. The number of fused-ring (bicyclic) bond motifs is 1. The highest BCUT2D eigenvalue weighted by molar-refractivity contribution is 7.86. The van der Waals surface area contributed by atoms with E-state index >= 15 is 0 Å². The van der Waals surface area contributed by atoms with Crippen LogP contribution in [0.2, 0.25) is 0 Å². The molecule has 3 aliphatic rings. The number of aryl methyl sites for hydroxylation is 1. The smallest absolute Gasteiger partial charge is 0.281 e. The van der Waals surface area contributed by atoms with Crippen molar-refractivity contribution in [3.05, 3.63) is 17.1 Å². The molecule has 3 heterocycles. The Balaban J connectivity index is 1.55. The summed E-state index contributed by atoms with van der Waals surface area (Å²) in [6.07, 6.45) is 7.21. The number of amides is 1. The van der Waals surface area contributed by atoms with E-state index in [-0.39, 0.29) is 11.8 Å². The lowest BCUT2D eigenvalue weighted by Gasteiger charge is -2.27. The van der Waals surface area contributed by atoms with Gasteiger partial charge in [-0.2, -0.15) is 17.0 Å². The SMILES string of the molecule is CCN(CC)S(=O)(=O)N1CC[C@H](c2nc(C)c3c(n2)N(CC2CCCCC2)C(=O)C3)C1. The minimum Gasteiger partial charge on any atom is -0.296 e. The van der Waals surface area contributed by atoms with Gasteiger partial charge in [-0.3, -0.25) is 9.69 Å². The minimum atomic E-state index is -3.46. The van der Waals surface area contributed by atoms with E-state index in [1.165, 1.54) is 36.4 Å². The zero-order valence-corrected chi connectivity index (χ0v) is 19.8. The van der Waals surface area contributed by atoms with E-state index in [4.69, 9.17) is 9.97 Å². The molecule has 0 aromatic carbocycles. The van der Waals surface area contributed by atoms with Crippen molar-refractivity contribution in [3.63, 3.8) is 0 Å². The summed E-state index contributed by atoms with van der Waals surface area (Å²) in [6, 6.07) is 0. The Bertz CT molecular complexity index is 925. The van der Waals surface area contributed by atoms with Gasteiger partial charge >= 0.3 is 0 Å². The predicted octanol–water partition coefficient (Wildman–Crippen LogP) is 2.63. The van der Waals surface area contributed by atoms with Crippen molar-refractivity contribution in [1.82, 2.24) is 18.6 Å². The second-order valence-corrected chi connectivity index (χ2v) is 11.0. The molecule has 8 nitrogen and oxygen atoms in total. The second-order valence-electron chi connectivity index (χ2n) is 9.09. The van der Waals surface area contributed by atoms with Gasteiger partial charge in [0.1, 0.15) is 11.6 Å². The Morgan fingerprint density at radius 3 is 2.45 bits per heavy atom. The quantitative estimate of drug-likeness (QED) is 0.639. The molecule has 2 fully saturated rings. The average Bonchev–Trinajstić information content (AvgIpc) is 3.36. The first-order chi connectivity index (χ1) is 14.8. The van der Waals surface area contributed by atoms with Crippen molar-refractivity contribution in [2.24, 2.45) is 5.92 Å². The fourth-order valence-corrected chi connectivity index (χ4v) is 6.94. The van der Waals surface area contributed by atoms with Gasteiger partial charge in [-0.05, 0) is 32.1 Å². The van der Waals surface area contributed by atoms with Gasteiger partial charge in [-0.25, -0.2) is 9.97 Å². The third kappa shape index (κ3) is 4.36. The van der Waals surface area contributed by atoms with Gasteiger partial charge in [0, 0.05) is 49.9 Å². The highest BCUT2D eigenvalue weighted by Crippen LogP contribution is 2.35. The molecule has 1 saturated carbocycles. The lowest BCUT2D eigenvalue weighted by Crippen LogP contribution is -2.42. The van der Waals surface area contributed by atoms with Crippen LogP contribution >= 0.6 is 0 Å². The molecule has 0 radical (unpaired) electrons. The van der Waals surface area contributed by atoms with Crippen LogP contribution in [0.3, 0.4) is 0 Å². The van der Waals surface area contributed by atoms with Crippen molar-refractivity contribution in [1.29, 1.82) is 0 Å². The summed E-state index contributed by atoms with van der Waals surface area (Å²) in [5.41, 5.74) is 1.79. The molecule has 31 heavy (non-hydrogen) atoms.